The molecule has 3 aromatic rings. The Morgan fingerprint density at radius 1 is 1.03 bits per heavy atom. The number of esters is 1. The quantitative estimate of drug-likeness (QED) is 0.313. The first-order valence-electron chi connectivity index (χ1n) is 12.0. The number of nitrogens with zero attached hydrogens (tertiary/aromatic N) is 1. The third-order valence-electron chi connectivity index (χ3n) is 6.33. The predicted molar refractivity (Wildman–Crippen MR) is 143 cm³/mol. The smallest absolute Gasteiger partial charge is 0.436 e. The van der Waals surface area contributed by atoms with Gasteiger partial charge in [-0.05, 0) is 69.2 Å². The van der Waals surface area contributed by atoms with Crippen LogP contribution in [0.5, 0.6) is 0 Å². The molecule has 1 heterocycles. The van der Waals surface area contributed by atoms with E-state index in [1.165, 1.54) is 36.4 Å². The van der Waals surface area contributed by atoms with Crippen molar-refractivity contribution in [2.75, 3.05) is 0 Å². The number of rotatable bonds is 5. The van der Waals surface area contributed by atoms with Gasteiger partial charge in [0.2, 0.25) is 0 Å². The molecule has 0 amide bonds. The molecule has 1 N–H and O–H groups in total. The Balaban J connectivity index is 1.89. The first-order valence-corrected chi connectivity index (χ1v) is 12.8. The molecule has 0 bridgehead atoms. The summed E-state index contributed by atoms with van der Waals surface area (Å²) in [5.41, 5.74) is -3.26. The highest BCUT2D eigenvalue weighted by Crippen LogP contribution is 2.56. The molecule has 206 valence electrons. The lowest BCUT2D eigenvalue weighted by molar-refractivity contribution is -0.296. The summed E-state index contributed by atoms with van der Waals surface area (Å²) in [6.07, 6.45) is -6.75. The lowest BCUT2D eigenvalue weighted by Crippen LogP contribution is -2.51. The molecule has 0 radical (unpaired) electrons. The Morgan fingerprint density at radius 3 is 2.18 bits per heavy atom. The Morgan fingerprint density at radius 2 is 1.64 bits per heavy atom. The van der Waals surface area contributed by atoms with Gasteiger partial charge in [-0.2, -0.15) is 13.2 Å². The second kappa shape index (κ2) is 10.5. The maximum absolute atomic E-state index is 15.1. The van der Waals surface area contributed by atoms with E-state index in [2.05, 4.69) is 5.16 Å². The zero-order valence-electron chi connectivity index (χ0n) is 21.5. The molecule has 0 aromatic heterocycles. The lowest BCUT2D eigenvalue weighted by atomic mass is 9.72. The van der Waals surface area contributed by atoms with Gasteiger partial charge in [0.05, 0.1) is 23.3 Å². The summed E-state index contributed by atoms with van der Waals surface area (Å²) in [4.78, 5) is 18.0. The summed E-state index contributed by atoms with van der Waals surface area (Å²) in [5, 5.41) is 15.3. The molecular weight excluding hydrogens is 554 g/mol. The van der Waals surface area contributed by atoms with Gasteiger partial charge < -0.3 is 14.7 Å². The minimum Gasteiger partial charge on any atom is -0.456 e. The van der Waals surface area contributed by atoms with Gasteiger partial charge >= 0.3 is 12.1 Å². The minimum atomic E-state index is -5.06. The third kappa shape index (κ3) is 5.64. The van der Waals surface area contributed by atoms with Crippen LogP contribution >= 0.6 is 23.2 Å². The normalized spacial score (nSPS) is 20.3. The summed E-state index contributed by atoms with van der Waals surface area (Å²) in [6.45, 7) is 6.82. The van der Waals surface area contributed by atoms with Crippen molar-refractivity contribution in [2.24, 2.45) is 11.1 Å². The van der Waals surface area contributed by atoms with Crippen LogP contribution in [0, 0.1) is 12.8 Å². The molecule has 3 unspecified atom stereocenters. The first kappa shape index (κ1) is 28.9. The summed E-state index contributed by atoms with van der Waals surface area (Å²) >= 11 is 12.2. The van der Waals surface area contributed by atoms with Crippen molar-refractivity contribution in [1.82, 2.24) is 0 Å². The van der Waals surface area contributed by atoms with Crippen LogP contribution in [-0.4, -0.2) is 28.6 Å². The van der Waals surface area contributed by atoms with Gasteiger partial charge in [0.1, 0.15) is 5.60 Å². The number of aliphatic hydroxyl groups is 1. The van der Waals surface area contributed by atoms with Crippen molar-refractivity contribution in [3.8, 4) is 0 Å². The van der Waals surface area contributed by atoms with E-state index in [0.717, 1.165) is 12.1 Å². The van der Waals surface area contributed by atoms with Gasteiger partial charge in [0, 0.05) is 21.2 Å². The monoisotopic (exact) mass is 579 g/mol. The van der Waals surface area contributed by atoms with Crippen molar-refractivity contribution in [3.63, 3.8) is 0 Å². The van der Waals surface area contributed by atoms with Gasteiger partial charge in [-0.3, -0.25) is 0 Å². The molecule has 1 aliphatic heterocycles. The molecule has 3 atom stereocenters. The number of aryl methyl sites for hydroxylation is 1. The summed E-state index contributed by atoms with van der Waals surface area (Å²) in [7, 11) is 0. The van der Waals surface area contributed by atoms with E-state index < -0.39 is 40.9 Å². The Bertz CT molecular complexity index is 1400. The van der Waals surface area contributed by atoms with E-state index in [9.17, 15) is 9.90 Å². The molecule has 39 heavy (non-hydrogen) atoms. The van der Waals surface area contributed by atoms with Crippen molar-refractivity contribution in [3.05, 3.63) is 105 Å². The summed E-state index contributed by atoms with van der Waals surface area (Å²) < 4.78 is 50.8. The molecular formula is C29H26Cl2F3NO4. The van der Waals surface area contributed by atoms with Crippen molar-refractivity contribution in [2.45, 2.75) is 51.2 Å². The number of halogens is 5. The van der Waals surface area contributed by atoms with Crippen molar-refractivity contribution < 1.29 is 32.6 Å². The maximum Gasteiger partial charge on any atom is 0.436 e. The largest absolute Gasteiger partial charge is 0.456 e. The fraction of sp³-hybridized carbons (Fsp3) is 0.310. The highest BCUT2D eigenvalue weighted by atomic mass is 35.5. The molecule has 5 nitrogen and oxygen atoms in total. The lowest BCUT2D eigenvalue weighted by Gasteiger charge is -2.37. The molecule has 0 fully saturated rings. The van der Waals surface area contributed by atoms with E-state index in [1.807, 2.05) is 0 Å². The van der Waals surface area contributed by atoms with Crippen LogP contribution in [0.15, 0.2) is 71.9 Å². The number of hydrogen-bond acceptors (Lipinski definition) is 5. The topological polar surface area (TPSA) is 68.1 Å². The highest BCUT2D eigenvalue weighted by Gasteiger charge is 2.69. The fourth-order valence-electron chi connectivity index (χ4n) is 4.65. The average Bonchev–Trinajstić information content (AvgIpc) is 3.24. The number of carbonyl (C=O) groups is 1. The molecule has 0 spiro atoms. The third-order valence-corrected chi connectivity index (χ3v) is 6.77. The number of hydrogen-bond donors (Lipinski definition) is 1. The van der Waals surface area contributed by atoms with E-state index in [1.54, 1.807) is 45.9 Å². The van der Waals surface area contributed by atoms with Crippen molar-refractivity contribution >= 4 is 34.9 Å². The van der Waals surface area contributed by atoms with Gasteiger partial charge in [-0.1, -0.05) is 64.8 Å². The Hall–Kier alpha value is -3.07. The average molecular weight is 580 g/mol. The summed E-state index contributed by atoms with van der Waals surface area (Å²) in [6, 6.07) is 15.9. The van der Waals surface area contributed by atoms with Crippen molar-refractivity contribution in [1.29, 1.82) is 0 Å². The maximum atomic E-state index is 15.1. The minimum absolute atomic E-state index is 0.0383. The second-order valence-electron chi connectivity index (χ2n) is 10.3. The van der Waals surface area contributed by atoms with Crippen LogP contribution in [0.3, 0.4) is 0 Å². The number of benzene rings is 3. The van der Waals surface area contributed by atoms with E-state index in [4.69, 9.17) is 32.8 Å². The molecule has 0 aliphatic carbocycles. The number of alkyl halides is 3. The van der Waals surface area contributed by atoms with Crippen LogP contribution in [0.25, 0.3) is 0 Å². The van der Waals surface area contributed by atoms with Crippen LogP contribution in [0.1, 0.15) is 59.5 Å². The standard InChI is InChI=1S/C29H26Cl2F3NO4/c1-16-12-18(10-11-22(16)26(37)38-27(2,3)4)24-23(25(36)17-8-6-5-7-9-17)28(39-35-24,29(32,33)34)19-13-20(30)15-21(31)14-19/h5-15,23,25,36H,1-4H3. The van der Waals surface area contributed by atoms with E-state index >= 15 is 13.2 Å². The van der Waals surface area contributed by atoms with Crippen LogP contribution in [0.2, 0.25) is 10.0 Å². The molecule has 1 aliphatic rings. The second-order valence-corrected chi connectivity index (χ2v) is 11.2. The Labute approximate surface area is 234 Å². The molecule has 0 saturated heterocycles. The SMILES string of the molecule is Cc1cc(C2=NOC(c3cc(Cl)cc(Cl)c3)(C(F)(F)F)C2C(O)c2ccccc2)ccc1C(=O)OC(C)(C)C. The first-order chi connectivity index (χ1) is 18.1. The molecule has 0 saturated carbocycles. The summed E-state index contributed by atoms with van der Waals surface area (Å²) in [5.74, 6) is -2.34. The van der Waals surface area contributed by atoms with Gasteiger partial charge in [-0.15, -0.1) is 0 Å². The van der Waals surface area contributed by atoms with E-state index in [-0.39, 0.29) is 32.4 Å². The van der Waals surface area contributed by atoms with Gasteiger partial charge in [0.25, 0.3) is 5.60 Å². The molecule has 4 rings (SSSR count). The van der Waals surface area contributed by atoms with Gasteiger partial charge in [0.15, 0.2) is 0 Å². The van der Waals surface area contributed by atoms with Crippen LogP contribution < -0.4 is 0 Å². The van der Waals surface area contributed by atoms with Crippen LogP contribution in [-0.2, 0) is 15.2 Å². The number of ether oxygens (including phenoxy) is 1. The number of carbonyl (C=O) groups excluding carboxylic acids is 1. The highest BCUT2D eigenvalue weighted by molar-refractivity contribution is 6.34. The zero-order chi connectivity index (χ0) is 28.8. The number of aliphatic hydroxyl groups excluding tert-OH is 1. The van der Waals surface area contributed by atoms with Crippen LogP contribution in [0.4, 0.5) is 13.2 Å². The van der Waals surface area contributed by atoms with Gasteiger partial charge in [-0.25, -0.2) is 4.79 Å². The molecule has 10 heteroatoms. The molecule has 3 aromatic carbocycles. The Kier molecular flexibility index (Phi) is 7.78. The zero-order valence-corrected chi connectivity index (χ0v) is 23.0. The number of oxime groups is 1. The van der Waals surface area contributed by atoms with E-state index in [0.29, 0.717) is 5.56 Å². The fourth-order valence-corrected chi connectivity index (χ4v) is 5.18. The predicted octanol–water partition coefficient (Wildman–Crippen LogP) is 7.80.